The zero-order chi connectivity index (χ0) is 26.6. The van der Waals surface area contributed by atoms with E-state index >= 15 is 0 Å². The number of carbonyl (C=O) groups is 2. The van der Waals surface area contributed by atoms with Crippen molar-refractivity contribution in [3.05, 3.63) is 47.7 Å². The number of carbonyl (C=O) groups excluding carboxylic acids is 2. The molecule has 1 aliphatic heterocycles. The molecule has 1 aromatic heterocycles. The van der Waals surface area contributed by atoms with Crippen molar-refractivity contribution < 1.29 is 19.4 Å². The zero-order valence-corrected chi connectivity index (χ0v) is 22.1. The van der Waals surface area contributed by atoms with Crippen LogP contribution in [0.3, 0.4) is 0 Å². The highest BCUT2D eigenvalue weighted by molar-refractivity contribution is 5.96. The van der Waals surface area contributed by atoms with Gasteiger partial charge in [0.05, 0.1) is 18.3 Å². The number of ether oxygens (including phenoxy) is 1. The molecule has 5 aliphatic rings. The molecule has 0 spiro atoms. The third-order valence-electron chi connectivity index (χ3n) is 9.24. The van der Waals surface area contributed by atoms with Crippen LogP contribution in [0.1, 0.15) is 59.9 Å². The van der Waals surface area contributed by atoms with Gasteiger partial charge in [-0.3, -0.25) is 9.59 Å². The molecule has 2 unspecified atom stereocenters. The predicted octanol–water partition coefficient (Wildman–Crippen LogP) is 2.57. The highest BCUT2D eigenvalue weighted by atomic mass is 16.5. The molecule has 9 nitrogen and oxygen atoms in total. The maximum atomic E-state index is 13.3. The number of nitrogens with two attached hydrogens (primary N) is 1. The van der Waals surface area contributed by atoms with Crippen LogP contribution in [0.4, 0.5) is 11.5 Å². The van der Waals surface area contributed by atoms with Gasteiger partial charge in [0.25, 0.3) is 11.8 Å². The van der Waals surface area contributed by atoms with Crippen LogP contribution < -0.4 is 25.6 Å². The lowest BCUT2D eigenvalue weighted by atomic mass is 9.52. The molecule has 0 radical (unpaired) electrons. The number of piperazine rings is 1. The number of rotatable bonds is 6. The van der Waals surface area contributed by atoms with Gasteiger partial charge in [0.15, 0.2) is 0 Å². The summed E-state index contributed by atoms with van der Waals surface area (Å²) < 4.78 is 5.28. The van der Waals surface area contributed by atoms with Gasteiger partial charge in [-0.15, -0.1) is 0 Å². The topological polar surface area (TPSA) is 121 Å². The van der Waals surface area contributed by atoms with Crippen molar-refractivity contribution in [3.8, 4) is 5.75 Å². The Labute approximate surface area is 223 Å². The molecule has 1 saturated heterocycles. The van der Waals surface area contributed by atoms with Crippen LogP contribution in [0.25, 0.3) is 0 Å². The second-order valence-corrected chi connectivity index (χ2v) is 11.8. The maximum absolute atomic E-state index is 13.3. The number of hydrogen-bond acceptors (Lipinski definition) is 7. The summed E-state index contributed by atoms with van der Waals surface area (Å²) in [6, 6.07) is 11.4. The quantitative estimate of drug-likeness (QED) is 0.536. The van der Waals surface area contributed by atoms with E-state index in [-0.39, 0.29) is 18.0 Å². The number of primary amides is 1. The molecular weight excluding hydrogens is 482 g/mol. The van der Waals surface area contributed by atoms with Crippen molar-refractivity contribution in [2.24, 2.45) is 23.5 Å². The normalized spacial score (nSPS) is 31.8. The minimum atomic E-state index is -0.515. The second kappa shape index (κ2) is 9.45. The standard InChI is InChI=1S/C29H37N5O4/c1-17-16-33(21-6-7-24(38-2)22(12-21)27(30)35)8-9-34(17)25-5-3-4-23(31-25)28(36)32-26-19-10-18-11-20(26)15-29(37,13-18)14-19/h3-7,12,17-20,26,37H,8-11,13-16H2,1-2H3,(H2,30,35)(H,32,36)/t17-,18?,19?,20?,26?,29?/m1/s1. The maximum Gasteiger partial charge on any atom is 0.270 e. The number of benzene rings is 1. The molecular formula is C29H37N5O4. The van der Waals surface area contributed by atoms with Crippen LogP contribution in [-0.2, 0) is 0 Å². The Morgan fingerprint density at radius 3 is 2.55 bits per heavy atom. The van der Waals surface area contributed by atoms with E-state index in [0.29, 0.717) is 34.8 Å². The molecule has 9 heteroatoms. The van der Waals surface area contributed by atoms with Crippen molar-refractivity contribution in [2.75, 3.05) is 36.5 Å². The molecule has 7 rings (SSSR count). The Bertz CT molecular complexity index is 1240. The van der Waals surface area contributed by atoms with Crippen molar-refractivity contribution >= 4 is 23.3 Å². The van der Waals surface area contributed by atoms with Gasteiger partial charge >= 0.3 is 0 Å². The average Bonchev–Trinajstić information content (AvgIpc) is 2.89. The number of pyridine rings is 1. The Morgan fingerprint density at radius 2 is 1.89 bits per heavy atom. The monoisotopic (exact) mass is 519 g/mol. The number of hydrogen-bond donors (Lipinski definition) is 3. The van der Waals surface area contributed by atoms with Crippen molar-refractivity contribution in [3.63, 3.8) is 0 Å². The Kier molecular flexibility index (Phi) is 6.21. The van der Waals surface area contributed by atoms with E-state index in [2.05, 4.69) is 22.0 Å². The van der Waals surface area contributed by atoms with Gasteiger partial charge in [0, 0.05) is 37.4 Å². The Balaban J connectivity index is 1.13. The van der Waals surface area contributed by atoms with E-state index in [1.807, 2.05) is 18.2 Å². The number of anilines is 2. The number of aromatic nitrogens is 1. The Morgan fingerprint density at radius 1 is 1.13 bits per heavy atom. The SMILES string of the molecule is COc1ccc(N2CCN(c3cccc(C(=O)NC4C5CC6CC4CC(O)(C6)C5)n3)[C@H](C)C2)cc1C(N)=O. The first-order chi connectivity index (χ1) is 18.2. The van der Waals surface area contributed by atoms with Crippen molar-refractivity contribution in [1.29, 1.82) is 0 Å². The molecule has 2 heterocycles. The van der Waals surface area contributed by atoms with Crippen molar-refractivity contribution in [2.45, 2.75) is 56.7 Å². The number of nitrogens with zero attached hydrogens (tertiary/aromatic N) is 3. The highest BCUT2D eigenvalue weighted by Crippen LogP contribution is 2.55. The summed E-state index contributed by atoms with van der Waals surface area (Å²) in [4.78, 5) is 34.4. The van der Waals surface area contributed by atoms with Gasteiger partial charge < -0.3 is 30.7 Å². The first-order valence-electron chi connectivity index (χ1n) is 13.7. The van der Waals surface area contributed by atoms with Crippen LogP contribution in [0.2, 0.25) is 0 Å². The molecule has 38 heavy (non-hydrogen) atoms. The molecule has 4 aliphatic carbocycles. The molecule has 4 bridgehead atoms. The van der Waals surface area contributed by atoms with E-state index in [9.17, 15) is 14.7 Å². The van der Waals surface area contributed by atoms with E-state index in [1.165, 1.54) is 7.11 Å². The van der Waals surface area contributed by atoms with E-state index < -0.39 is 11.5 Å². The van der Waals surface area contributed by atoms with E-state index in [4.69, 9.17) is 15.5 Å². The largest absolute Gasteiger partial charge is 0.496 e. The highest BCUT2D eigenvalue weighted by Gasteiger charge is 2.55. The number of methoxy groups -OCH3 is 1. The third kappa shape index (κ3) is 4.46. The summed E-state index contributed by atoms with van der Waals surface area (Å²) in [5, 5.41) is 14.2. The molecule has 2 amide bonds. The van der Waals surface area contributed by atoms with Gasteiger partial charge in [-0.05, 0) is 87.1 Å². The minimum Gasteiger partial charge on any atom is -0.496 e. The smallest absolute Gasteiger partial charge is 0.270 e. The molecule has 202 valence electrons. The first-order valence-corrected chi connectivity index (χ1v) is 13.7. The predicted molar refractivity (Wildman–Crippen MR) is 145 cm³/mol. The van der Waals surface area contributed by atoms with Gasteiger partial charge in [-0.25, -0.2) is 4.98 Å². The van der Waals surface area contributed by atoms with Gasteiger partial charge in [-0.2, -0.15) is 0 Å². The van der Waals surface area contributed by atoms with Crippen LogP contribution in [0.5, 0.6) is 5.75 Å². The number of aliphatic hydroxyl groups is 1. The summed E-state index contributed by atoms with van der Waals surface area (Å²) in [5.74, 6) is 1.94. The van der Waals surface area contributed by atoms with Gasteiger partial charge in [0.2, 0.25) is 0 Å². The van der Waals surface area contributed by atoms with Gasteiger partial charge in [-0.1, -0.05) is 6.07 Å². The fraction of sp³-hybridized carbons (Fsp3) is 0.552. The molecule has 3 atom stereocenters. The van der Waals surface area contributed by atoms with E-state index in [0.717, 1.165) is 63.2 Å². The average molecular weight is 520 g/mol. The summed E-state index contributed by atoms with van der Waals surface area (Å²) in [7, 11) is 1.52. The lowest BCUT2D eigenvalue weighted by Crippen LogP contribution is -2.61. The number of amides is 2. The van der Waals surface area contributed by atoms with Crippen molar-refractivity contribution in [1.82, 2.24) is 10.3 Å². The van der Waals surface area contributed by atoms with Crippen LogP contribution >= 0.6 is 0 Å². The lowest BCUT2D eigenvalue weighted by Gasteiger charge is -2.58. The Hall–Kier alpha value is -3.33. The molecule has 5 fully saturated rings. The molecule has 4 saturated carbocycles. The molecule has 1 aromatic carbocycles. The van der Waals surface area contributed by atoms with Crippen LogP contribution in [0.15, 0.2) is 36.4 Å². The number of nitrogens with one attached hydrogen (secondary N) is 1. The second-order valence-electron chi connectivity index (χ2n) is 11.8. The van der Waals surface area contributed by atoms with Gasteiger partial charge in [0.1, 0.15) is 17.3 Å². The third-order valence-corrected chi connectivity index (χ3v) is 9.24. The van der Waals surface area contributed by atoms with E-state index in [1.54, 1.807) is 18.2 Å². The molecule has 4 N–H and O–H groups in total. The summed E-state index contributed by atoms with van der Waals surface area (Å²) in [6.45, 7) is 4.34. The summed E-state index contributed by atoms with van der Waals surface area (Å²) >= 11 is 0. The zero-order valence-electron chi connectivity index (χ0n) is 22.1. The fourth-order valence-corrected chi connectivity index (χ4v) is 7.77. The minimum absolute atomic E-state index is 0.125. The summed E-state index contributed by atoms with van der Waals surface area (Å²) in [5.41, 5.74) is 6.77. The fourth-order valence-electron chi connectivity index (χ4n) is 7.77. The van der Waals surface area contributed by atoms with Crippen LogP contribution in [-0.4, -0.2) is 66.3 Å². The molecule has 2 aromatic rings. The summed E-state index contributed by atoms with van der Waals surface area (Å²) in [6.07, 6.45) is 4.74. The lowest BCUT2D eigenvalue weighted by molar-refractivity contribution is -0.136. The first kappa shape index (κ1) is 25.0. The van der Waals surface area contributed by atoms with Crippen LogP contribution in [0, 0.1) is 17.8 Å².